The topological polar surface area (TPSA) is 216 Å². The Balaban J connectivity index is 4.69. The highest BCUT2D eigenvalue weighted by Crippen LogP contribution is 2.43. The number of ether oxygens (including phenoxy) is 2. The van der Waals surface area contributed by atoms with Gasteiger partial charge in [0.2, 0.25) is 0 Å². The van der Waals surface area contributed by atoms with Gasteiger partial charge in [0.15, 0.2) is 6.10 Å². The molecule has 60 heavy (non-hydrogen) atoms. The highest BCUT2D eigenvalue weighted by molar-refractivity contribution is 7.47. The highest BCUT2D eigenvalue weighted by Gasteiger charge is 2.28. The van der Waals surface area contributed by atoms with E-state index in [1.807, 2.05) is 54.7 Å². The Kier molecular flexibility index (Phi) is 37.7. The van der Waals surface area contributed by atoms with Gasteiger partial charge in [0.05, 0.1) is 25.9 Å². The SMILES string of the molecule is CC/C=C\CC(O)/C=C/C=C/C/C=C\C/C=C\C/C=C\CCC(=O)O[C@H](COC(=O)CCCCCCCCCCCCCCC)COP(=O)(O)OC[C@@H](O)COP(=O)(O)O. The molecule has 16 heteroatoms. The smallest absolute Gasteiger partial charge is 0.462 e. The van der Waals surface area contributed by atoms with Crippen LogP contribution >= 0.6 is 15.6 Å². The summed E-state index contributed by atoms with van der Waals surface area (Å²) in [5.74, 6) is -1.15. The molecule has 0 fully saturated rings. The van der Waals surface area contributed by atoms with Crippen LogP contribution in [0.2, 0.25) is 0 Å². The van der Waals surface area contributed by atoms with Gasteiger partial charge in [-0.3, -0.25) is 23.2 Å². The summed E-state index contributed by atoms with van der Waals surface area (Å²) in [4.78, 5) is 52.6. The zero-order valence-electron chi connectivity index (χ0n) is 36.1. The molecule has 2 unspecified atom stereocenters. The maximum absolute atomic E-state index is 12.6. The fourth-order valence-electron chi connectivity index (χ4n) is 5.40. The number of hydrogen-bond acceptors (Lipinski definition) is 11. The van der Waals surface area contributed by atoms with Crippen LogP contribution in [-0.2, 0) is 41.8 Å². The van der Waals surface area contributed by atoms with Gasteiger partial charge in [-0.2, -0.15) is 0 Å². The van der Waals surface area contributed by atoms with E-state index in [9.17, 15) is 33.8 Å². The predicted octanol–water partition coefficient (Wildman–Crippen LogP) is 9.98. The number of carbonyl (C=O) groups is 2. The molecule has 5 N–H and O–H groups in total. The summed E-state index contributed by atoms with van der Waals surface area (Å²) in [6, 6.07) is 0. The van der Waals surface area contributed by atoms with Gasteiger partial charge in [-0.15, -0.1) is 0 Å². The molecule has 0 bridgehead atoms. The van der Waals surface area contributed by atoms with Crippen molar-refractivity contribution < 1.29 is 66.7 Å². The summed E-state index contributed by atoms with van der Waals surface area (Å²) >= 11 is 0. The molecular weight excluding hydrogens is 814 g/mol. The number of phosphoric ester groups is 2. The number of hydrogen-bond donors (Lipinski definition) is 5. The molecule has 0 saturated heterocycles. The molecule has 0 saturated carbocycles. The minimum Gasteiger partial charge on any atom is -0.462 e. The summed E-state index contributed by atoms with van der Waals surface area (Å²) in [7, 11) is -9.71. The van der Waals surface area contributed by atoms with E-state index in [0.717, 1.165) is 38.5 Å². The molecular formula is C44H76O14P2. The number of rotatable bonds is 40. The van der Waals surface area contributed by atoms with E-state index >= 15 is 0 Å². The second-order valence-electron chi connectivity index (χ2n) is 14.4. The van der Waals surface area contributed by atoms with Crippen molar-refractivity contribution in [2.45, 2.75) is 167 Å². The minimum absolute atomic E-state index is 0.0109. The van der Waals surface area contributed by atoms with Crippen LogP contribution in [0, 0.1) is 0 Å². The second kappa shape index (κ2) is 39.4. The van der Waals surface area contributed by atoms with E-state index in [2.05, 4.69) is 35.0 Å². The van der Waals surface area contributed by atoms with Gasteiger partial charge >= 0.3 is 27.6 Å². The van der Waals surface area contributed by atoms with Gasteiger partial charge in [-0.25, -0.2) is 9.13 Å². The first-order valence-corrected chi connectivity index (χ1v) is 24.8. The Morgan fingerprint density at radius 2 is 1.10 bits per heavy atom. The molecule has 0 radical (unpaired) electrons. The zero-order chi connectivity index (χ0) is 44.6. The lowest BCUT2D eigenvalue weighted by Crippen LogP contribution is -2.29. The summed E-state index contributed by atoms with van der Waals surface area (Å²) in [6.07, 6.45) is 39.5. The molecule has 0 heterocycles. The number of phosphoric acid groups is 2. The van der Waals surface area contributed by atoms with Crippen molar-refractivity contribution >= 4 is 27.6 Å². The van der Waals surface area contributed by atoms with E-state index in [1.165, 1.54) is 57.8 Å². The highest BCUT2D eigenvalue weighted by atomic mass is 31.2. The molecule has 14 nitrogen and oxygen atoms in total. The number of carbonyl (C=O) groups excluding carboxylic acids is 2. The molecule has 0 aromatic rings. The standard InChI is InChI=1S/C44H76O14P2/c1-3-5-7-8-9-10-11-13-17-20-23-26-30-34-43(47)54-38-42(39-57-60(52,53)56-37-41(46)36-55-59(49,50)51)58-44(48)35-31-27-24-21-18-15-12-14-16-19-22-25-29-33-40(45)32-28-6-4-2/h6,14-16,18,22,24-25,27-29,33,40-42,45-46H,3-5,7-13,17,19-21,23,26,30-32,34-39H2,1-2H3,(H,52,53)(H2,49,50,51)/b16-14-,18-15-,25-22+,27-24-,28-6-,33-29+/t40?,41-,42+/m0/s1. The van der Waals surface area contributed by atoms with Crippen LogP contribution < -0.4 is 0 Å². The third-order valence-electron chi connectivity index (χ3n) is 8.69. The molecule has 0 aliphatic carbocycles. The Bertz CT molecular complexity index is 1350. The third-order valence-corrected chi connectivity index (χ3v) is 10.1. The van der Waals surface area contributed by atoms with Crippen LogP contribution in [0.5, 0.6) is 0 Å². The lowest BCUT2D eigenvalue weighted by atomic mass is 10.0. The summed E-state index contributed by atoms with van der Waals surface area (Å²) in [6.45, 7) is 1.45. The molecule has 0 aliphatic rings. The maximum atomic E-state index is 12.6. The number of allylic oxidation sites excluding steroid dienone is 10. The molecule has 0 aliphatic heterocycles. The van der Waals surface area contributed by atoms with E-state index in [0.29, 0.717) is 25.7 Å². The Morgan fingerprint density at radius 3 is 1.68 bits per heavy atom. The van der Waals surface area contributed by atoms with Crippen molar-refractivity contribution in [1.29, 1.82) is 0 Å². The van der Waals surface area contributed by atoms with Crippen molar-refractivity contribution in [3.63, 3.8) is 0 Å². The Labute approximate surface area is 359 Å². The monoisotopic (exact) mass is 890 g/mol. The van der Waals surface area contributed by atoms with Crippen molar-refractivity contribution in [3.8, 4) is 0 Å². The molecule has 0 amide bonds. The van der Waals surface area contributed by atoms with Crippen LogP contribution in [0.15, 0.2) is 72.9 Å². The average molecular weight is 891 g/mol. The fraction of sp³-hybridized carbons (Fsp3) is 0.682. The van der Waals surface area contributed by atoms with Crippen molar-refractivity contribution in [1.82, 2.24) is 0 Å². The van der Waals surface area contributed by atoms with Crippen LogP contribution in [0.25, 0.3) is 0 Å². The lowest BCUT2D eigenvalue weighted by Gasteiger charge is -2.20. The van der Waals surface area contributed by atoms with E-state index in [1.54, 1.807) is 6.08 Å². The first-order valence-electron chi connectivity index (χ1n) is 21.7. The van der Waals surface area contributed by atoms with Gasteiger partial charge in [0, 0.05) is 12.8 Å². The largest absolute Gasteiger partial charge is 0.472 e. The quantitative estimate of drug-likeness (QED) is 0.0127. The third kappa shape index (κ3) is 42.2. The van der Waals surface area contributed by atoms with E-state index in [4.69, 9.17) is 23.8 Å². The van der Waals surface area contributed by atoms with Gasteiger partial charge in [-0.1, -0.05) is 164 Å². The molecule has 346 valence electrons. The normalized spacial score (nSPS) is 15.2. The lowest BCUT2D eigenvalue weighted by molar-refractivity contribution is -0.161. The minimum atomic E-state index is -4.88. The van der Waals surface area contributed by atoms with Crippen LogP contribution in [0.3, 0.4) is 0 Å². The molecule has 0 aromatic heterocycles. The molecule has 0 rings (SSSR count). The molecule has 0 aromatic carbocycles. The average Bonchev–Trinajstić information content (AvgIpc) is 3.20. The number of unbranched alkanes of at least 4 members (excludes halogenated alkanes) is 12. The molecule has 4 atom stereocenters. The van der Waals surface area contributed by atoms with Crippen LogP contribution in [0.1, 0.15) is 149 Å². The number of aliphatic hydroxyl groups is 2. The zero-order valence-corrected chi connectivity index (χ0v) is 37.9. The van der Waals surface area contributed by atoms with Crippen LogP contribution in [0.4, 0.5) is 0 Å². The van der Waals surface area contributed by atoms with E-state index in [-0.39, 0.29) is 12.8 Å². The number of aliphatic hydroxyl groups excluding tert-OH is 2. The number of esters is 2. The van der Waals surface area contributed by atoms with Gasteiger partial charge in [-0.05, 0) is 44.9 Å². The van der Waals surface area contributed by atoms with E-state index < -0.39 is 72.3 Å². The van der Waals surface area contributed by atoms with Gasteiger partial charge < -0.3 is 34.4 Å². The second-order valence-corrected chi connectivity index (χ2v) is 17.1. The van der Waals surface area contributed by atoms with Gasteiger partial charge in [0.25, 0.3) is 0 Å². The first-order chi connectivity index (χ1) is 28.8. The fourth-order valence-corrected chi connectivity index (χ4v) is 6.55. The predicted molar refractivity (Wildman–Crippen MR) is 236 cm³/mol. The van der Waals surface area contributed by atoms with Crippen molar-refractivity contribution in [2.24, 2.45) is 0 Å². The van der Waals surface area contributed by atoms with Crippen molar-refractivity contribution in [3.05, 3.63) is 72.9 Å². The summed E-state index contributed by atoms with van der Waals surface area (Å²) in [5.41, 5.74) is 0. The summed E-state index contributed by atoms with van der Waals surface area (Å²) in [5, 5.41) is 19.6. The van der Waals surface area contributed by atoms with Gasteiger partial charge in [0.1, 0.15) is 12.7 Å². The van der Waals surface area contributed by atoms with Crippen molar-refractivity contribution in [2.75, 3.05) is 26.4 Å². The maximum Gasteiger partial charge on any atom is 0.472 e. The Morgan fingerprint density at radius 1 is 0.567 bits per heavy atom. The van der Waals surface area contributed by atoms with Crippen LogP contribution in [-0.4, -0.2) is 81.6 Å². The summed E-state index contributed by atoms with van der Waals surface area (Å²) < 4.78 is 47.6. The first kappa shape index (κ1) is 57.5. The Hall–Kier alpha value is -2.48. The molecule has 0 spiro atoms.